The molecule has 0 atom stereocenters. The molecule has 0 aromatic carbocycles. The fourth-order valence-electron chi connectivity index (χ4n) is 0.400. The number of hydrogen-bond acceptors (Lipinski definition) is 2. The highest BCUT2D eigenvalue weighted by Crippen LogP contribution is 1.94. The van der Waals surface area contributed by atoms with Crippen LogP contribution < -0.4 is 5.73 Å². The van der Waals surface area contributed by atoms with Gasteiger partial charge in [0.15, 0.2) is 0 Å². The molecule has 0 aromatic heterocycles. The highest BCUT2D eigenvalue weighted by atomic mass is 32.2. The Hall–Kier alpha value is 0.0500. The van der Waals surface area contributed by atoms with Gasteiger partial charge in [-0.05, 0) is 18.4 Å². The van der Waals surface area contributed by atoms with Gasteiger partial charge in [0.2, 0.25) is 0 Å². The lowest BCUT2D eigenvalue weighted by atomic mass is 10.4. The van der Waals surface area contributed by atoms with E-state index in [1.54, 1.807) is 0 Å². The molecule has 0 aromatic rings. The Balaban J connectivity index is 2.80. The molecule has 0 heterocycles. The lowest BCUT2D eigenvalue weighted by molar-refractivity contribution is 1.19. The quantitative estimate of drug-likeness (QED) is 0.459. The van der Waals surface area contributed by atoms with Crippen LogP contribution in [0.25, 0.3) is 0 Å². The molecule has 8 heavy (non-hydrogen) atoms. The summed E-state index contributed by atoms with van der Waals surface area (Å²) in [5, 5.41) is 0. The van der Waals surface area contributed by atoms with E-state index in [4.69, 9.17) is 5.73 Å². The largest absolute Gasteiger partial charge is 0.327 e. The van der Waals surface area contributed by atoms with E-state index in [0.29, 0.717) is 6.54 Å². The molecule has 48 valence electrons. The van der Waals surface area contributed by atoms with E-state index in [9.17, 15) is 0 Å². The average Bonchev–Trinajstić information content (AvgIpc) is 1.81. The first-order chi connectivity index (χ1) is 3.91. The van der Waals surface area contributed by atoms with Crippen LogP contribution in [-0.2, 0) is 0 Å². The molecule has 2 heteroatoms. The minimum Gasteiger partial charge on any atom is -0.327 e. The molecule has 0 saturated heterocycles. The molecule has 0 fully saturated rings. The van der Waals surface area contributed by atoms with Crippen LogP contribution in [0.2, 0.25) is 0 Å². The van der Waals surface area contributed by atoms with Crippen molar-refractivity contribution in [1.29, 1.82) is 0 Å². The number of hydrogen-bond donors (Lipinski definition) is 1. The normalized spacial score (nSPS) is 10.8. The molecule has 0 aliphatic heterocycles. The Morgan fingerprint density at radius 2 is 2.25 bits per heavy atom. The molecule has 0 radical (unpaired) electrons. The second kappa shape index (κ2) is 7.05. The van der Waals surface area contributed by atoms with Gasteiger partial charge in [-0.2, -0.15) is 11.8 Å². The van der Waals surface area contributed by atoms with Gasteiger partial charge in [-0.15, -0.1) is 0 Å². The van der Waals surface area contributed by atoms with Crippen LogP contribution in [-0.4, -0.2) is 18.6 Å². The summed E-state index contributed by atoms with van der Waals surface area (Å²) in [6, 6.07) is 0. The molecule has 0 aliphatic carbocycles. The van der Waals surface area contributed by atoms with Gasteiger partial charge in [-0.3, -0.25) is 0 Å². The summed E-state index contributed by atoms with van der Waals surface area (Å²) in [5.41, 5.74) is 5.22. The molecule has 0 amide bonds. The van der Waals surface area contributed by atoms with Crippen molar-refractivity contribution in [2.45, 2.75) is 6.42 Å². The summed E-state index contributed by atoms with van der Waals surface area (Å²) in [4.78, 5) is 0. The van der Waals surface area contributed by atoms with E-state index in [1.807, 2.05) is 17.8 Å². The Bertz CT molecular complexity index is 61.5. The third-order valence-corrected chi connectivity index (χ3v) is 1.44. The highest BCUT2D eigenvalue weighted by Gasteiger charge is 1.74. The van der Waals surface area contributed by atoms with Crippen LogP contribution in [0.1, 0.15) is 6.42 Å². The van der Waals surface area contributed by atoms with Crippen LogP contribution in [0.3, 0.4) is 0 Å². The third-order valence-electron chi connectivity index (χ3n) is 0.791. The molecule has 2 N–H and O–H groups in total. The van der Waals surface area contributed by atoms with Gasteiger partial charge in [0, 0.05) is 6.54 Å². The van der Waals surface area contributed by atoms with E-state index in [2.05, 4.69) is 12.3 Å². The predicted molar refractivity (Wildman–Crippen MR) is 41.2 cm³/mol. The molecular weight excluding hydrogens is 118 g/mol. The summed E-state index contributed by atoms with van der Waals surface area (Å²) in [5.74, 6) is 1.20. The van der Waals surface area contributed by atoms with Crippen LogP contribution in [0.5, 0.6) is 0 Å². The lowest BCUT2D eigenvalue weighted by Crippen LogP contribution is -1.92. The number of nitrogens with two attached hydrogens (primary N) is 1. The third kappa shape index (κ3) is 6.05. The van der Waals surface area contributed by atoms with E-state index >= 15 is 0 Å². The van der Waals surface area contributed by atoms with Gasteiger partial charge < -0.3 is 5.73 Å². The summed E-state index contributed by atoms with van der Waals surface area (Å²) in [7, 11) is 0. The first kappa shape index (κ1) is 8.05. The Kier molecular flexibility index (Phi) is 7.09. The second-order valence-corrected chi connectivity index (χ2v) is 2.47. The SMILES string of the molecule is CSCC/C=C\CN. The summed E-state index contributed by atoms with van der Waals surface area (Å²) < 4.78 is 0. The summed E-state index contributed by atoms with van der Waals surface area (Å²) >= 11 is 1.86. The van der Waals surface area contributed by atoms with Crippen LogP contribution in [0, 0.1) is 0 Å². The van der Waals surface area contributed by atoms with E-state index in [-0.39, 0.29) is 0 Å². The highest BCUT2D eigenvalue weighted by molar-refractivity contribution is 7.98. The fourth-order valence-corrected chi connectivity index (χ4v) is 0.772. The maximum absolute atomic E-state index is 5.22. The van der Waals surface area contributed by atoms with Crippen LogP contribution >= 0.6 is 11.8 Å². The number of thioether (sulfide) groups is 1. The van der Waals surface area contributed by atoms with Crippen molar-refractivity contribution in [3.63, 3.8) is 0 Å². The molecular formula is C6H13NS. The molecule has 0 bridgehead atoms. The topological polar surface area (TPSA) is 26.0 Å². The zero-order valence-electron chi connectivity index (χ0n) is 5.26. The van der Waals surface area contributed by atoms with Crippen molar-refractivity contribution in [1.82, 2.24) is 0 Å². The number of rotatable bonds is 4. The van der Waals surface area contributed by atoms with E-state index in [1.165, 1.54) is 5.75 Å². The lowest BCUT2D eigenvalue weighted by Gasteiger charge is -1.85. The van der Waals surface area contributed by atoms with Gasteiger partial charge in [0.25, 0.3) is 0 Å². The van der Waals surface area contributed by atoms with Crippen LogP contribution in [0.4, 0.5) is 0 Å². The van der Waals surface area contributed by atoms with Crippen molar-refractivity contribution >= 4 is 11.8 Å². The van der Waals surface area contributed by atoms with E-state index in [0.717, 1.165) is 6.42 Å². The standard InChI is InChI=1S/C6H13NS/c1-8-6-4-2-3-5-7/h2-3H,4-7H2,1H3/b3-2-. The number of allylic oxidation sites excluding steroid dienone is 1. The molecule has 0 rings (SSSR count). The maximum atomic E-state index is 5.22. The van der Waals surface area contributed by atoms with Gasteiger partial charge in [-0.25, -0.2) is 0 Å². The van der Waals surface area contributed by atoms with Crippen molar-refractivity contribution in [2.24, 2.45) is 5.73 Å². The van der Waals surface area contributed by atoms with Crippen molar-refractivity contribution in [2.75, 3.05) is 18.6 Å². The minimum absolute atomic E-state index is 0.675. The minimum atomic E-state index is 0.675. The van der Waals surface area contributed by atoms with E-state index < -0.39 is 0 Å². The molecule has 0 saturated carbocycles. The van der Waals surface area contributed by atoms with Gasteiger partial charge in [0.05, 0.1) is 0 Å². The zero-order chi connectivity index (χ0) is 6.24. The molecule has 0 aliphatic rings. The van der Waals surface area contributed by atoms with Gasteiger partial charge in [0.1, 0.15) is 0 Å². The first-order valence-electron chi connectivity index (χ1n) is 2.76. The maximum Gasteiger partial charge on any atom is 0.0106 e. The van der Waals surface area contributed by atoms with Crippen molar-refractivity contribution in [3.8, 4) is 0 Å². The Labute approximate surface area is 55.3 Å². The van der Waals surface area contributed by atoms with Crippen LogP contribution in [0.15, 0.2) is 12.2 Å². The monoisotopic (exact) mass is 131 g/mol. The second-order valence-electron chi connectivity index (χ2n) is 1.49. The van der Waals surface area contributed by atoms with Crippen molar-refractivity contribution < 1.29 is 0 Å². The molecule has 1 nitrogen and oxygen atoms in total. The summed E-state index contributed by atoms with van der Waals surface area (Å²) in [6.45, 7) is 0.675. The summed E-state index contributed by atoms with van der Waals surface area (Å²) in [6.07, 6.45) is 7.38. The Morgan fingerprint density at radius 3 is 2.75 bits per heavy atom. The molecule has 0 unspecified atom stereocenters. The first-order valence-corrected chi connectivity index (χ1v) is 4.15. The van der Waals surface area contributed by atoms with Gasteiger partial charge in [-0.1, -0.05) is 12.2 Å². The predicted octanol–water partition coefficient (Wildman–Crippen LogP) is 1.25. The molecule has 0 spiro atoms. The zero-order valence-corrected chi connectivity index (χ0v) is 6.08. The Morgan fingerprint density at radius 1 is 1.50 bits per heavy atom. The average molecular weight is 131 g/mol. The van der Waals surface area contributed by atoms with Crippen molar-refractivity contribution in [3.05, 3.63) is 12.2 Å². The fraction of sp³-hybridized carbons (Fsp3) is 0.667. The smallest absolute Gasteiger partial charge is 0.0106 e. The van der Waals surface area contributed by atoms with Gasteiger partial charge >= 0.3 is 0 Å².